The Morgan fingerprint density at radius 2 is 1.64 bits per heavy atom. The first-order valence-electron chi connectivity index (χ1n) is 6.39. The van der Waals surface area contributed by atoms with Crippen molar-refractivity contribution < 1.29 is 4.79 Å². The molecular formula is C16H10Cl3NOS. The Labute approximate surface area is 145 Å². The minimum Gasteiger partial charge on any atom is -0.289 e. The molecule has 0 aromatic heterocycles. The molecule has 1 aliphatic heterocycles. The van der Waals surface area contributed by atoms with Crippen molar-refractivity contribution in [3.63, 3.8) is 0 Å². The van der Waals surface area contributed by atoms with E-state index in [2.05, 4.69) is 4.99 Å². The molecule has 0 saturated carbocycles. The Morgan fingerprint density at radius 1 is 1.00 bits per heavy atom. The summed E-state index contributed by atoms with van der Waals surface area (Å²) >= 11 is 18.1. The Morgan fingerprint density at radius 3 is 2.32 bits per heavy atom. The first-order chi connectivity index (χ1) is 10.5. The summed E-state index contributed by atoms with van der Waals surface area (Å²) in [5.41, 5.74) is 1.34. The van der Waals surface area contributed by atoms with Crippen molar-refractivity contribution >= 4 is 67.2 Å². The number of benzene rings is 2. The van der Waals surface area contributed by atoms with Crippen LogP contribution in [0.4, 0.5) is 5.69 Å². The van der Waals surface area contributed by atoms with Crippen LogP contribution >= 0.6 is 45.3 Å². The summed E-state index contributed by atoms with van der Waals surface area (Å²) in [6.07, 6.45) is 0. The highest BCUT2D eigenvalue weighted by molar-refractivity contribution is 8.29. The van der Waals surface area contributed by atoms with Crippen LogP contribution in [-0.4, -0.2) is 20.0 Å². The Kier molecular flexibility index (Phi) is 4.42. The van der Waals surface area contributed by atoms with Gasteiger partial charge in [0, 0.05) is 15.8 Å². The number of halogens is 3. The second-order valence-electron chi connectivity index (χ2n) is 4.57. The molecule has 0 aliphatic carbocycles. The van der Waals surface area contributed by atoms with Gasteiger partial charge in [-0.2, -0.15) is 0 Å². The van der Waals surface area contributed by atoms with E-state index in [0.717, 1.165) is 10.6 Å². The molecule has 1 atom stereocenters. The zero-order chi connectivity index (χ0) is 15.7. The maximum atomic E-state index is 12.5. The first kappa shape index (κ1) is 15.8. The highest BCUT2D eigenvalue weighted by Gasteiger charge is 2.35. The van der Waals surface area contributed by atoms with Crippen LogP contribution in [0.2, 0.25) is 0 Å². The molecule has 0 saturated heterocycles. The van der Waals surface area contributed by atoms with E-state index < -0.39 is 14.3 Å². The summed E-state index contributed by atoms with van der Waals surface area (Å²) < 4.78 is -1.64. The quantitative estimate of drug-likeness (QED) is 0.394. The molecule has 0 radical (unpaired) electrons. The molecule has 1 heterocycles. The van der Waals surface area contributed by atoms with Crippen LogP contribution in [0.25, 0.3) is 0 Å². The van der Waals surface area contributed by atoms with Crippen molar-refractivity contribution in [3.05, 3.63) is 60.2 Å². The summed E-state index contributed by atoms with van der Waals surface area (Å²) in [5, 5.41) is 1.96. The minimum atomic E-state index is -1.64. The third kappa shape index (κ3) is 3.13. The van der Waals surface area contributed by atoms with E-state index in [-0.39, 0.29) is 5.78 Å². The standard InChI is InChI=1S/C16H10Cl3NOS/c17-16(18,19)15-20-12-8-4-5-9-14(12)22(15)10-13(21)11-6-2-1-3-7-11/h1-10H. The van der Waals surface area contributed by atoms with Crippen LogP contribution in [0, 0.1) is 0 Å². The Balaban J connectivity index is 2.09. The first-order valence-corrected chi connectivity index (χ1v) is 8.81. The lowest BCUT2D eigenvalue weighted by Gasteiger charge is -2.13. The second kappa shape index (κ2) is 6.17. The van der Waals surface area contributed by atoms with Crippen molar-refractivity contribution in [2.75, 3.05) is 0 Å². The van der Waals surface area contributed by atoms with Gasteiger partial charge in [0.1, 0.15) is 5.04 Å². The summed E-state index contributed by atoms with van der Waals surface area (Å²) in [4.78, 5) is 17.7. The Bertz CT molecular complexity index is 795. The number of Topliss-reactive ketones (excluding diaryl/α,β-unsaturated/α-hetero) is 1. The van der Waals surface area contributed by atoms with Crippen LogP contribution in [0.5, 0.6) is 0 Å². The molecule has 22 heavy (non-hydrogen) atoms. The monoisotopic (exact) mass is 369 g/mol. The number of carbonyl (C=O) groups is 1. The zero-order valence-electron chi connectivity index (χ0n) is 11.2. The smallest absolute Gasteiger partial charge is 0.238 e. The van der Waals surface area contributed by atoms with Gasteiger partial charge in [-0.1, -0.05) is 87.8 Å². The van der Waals surface area contributed by atoms with Crippen LogP contribution in [0.3, 0.4) is 0 Å². The molecule has 2 nitrogen and oxygen atoms in total. The summed E-state index contributed by atoms with van der Waals surface area (Å²) in [6.45, 7) is 0. The van der Waals surface area contributed by atoms with Crippen molar-refractivity contribution in [3.8, 4) is 0 Å². The fourth-order valence-electron chi connectivity index (χ4n) is 2.08. The van der Waals surface area contributed by atoms with Gasteiger partial charge in [-0.3, -0.25) is 4.79 Å². The largest absolute Gasteiger partial charge is 0.289 e. The fraction of sp³-hybridized carbons (Fsp3) is 0.0625. The van der Waals surface area contributed by atoms with E-state index in [1.807, 2.05) is 42.5 Å². The van der Waals surface area contributed by atoms with Gasteiger partial charge in [0.2, 0.25) is 3.79 Å². The van der Waals surface area contributed by atoms with Crippen molar-refractivity contribution in [2.45, 2.75) is 8.69 Å². The number of alkyl halides is 3. The van der Waals surface area contributed by atoms with E-state index in [1.54, 1.807) is 17.5 Å². The molecule has 0 amide bonds. The van der Waals surface area contributed by atoms with Gasteiger partial charge in [-0.25, -0.2) is 4.99 Å². The fourth-order valence-corrected chi connectivity index (χ4v) is 4.77. The highest BCUT2D eigenvalue weighted by atomic mass is 35.6. The number of carbonyl (C=O) groups excluding carboxylic acids is 1. The number of para-hydroxylation sites is 1. The van der Waals surface area contributed by atoms with Crippen molar-refractivity contribution in [1.82, 2.24) is 0 Å². The molecule has 0 N–H and O–H groups in total. The number of fused-ring (bicyclic) bond motifs is 1. The van der Waals surface area contributed by atoms with Crippen LogP contribution in [0.15, 0.2) is 64.5 Å². The lowest BCUT2D eigenvalue weighted by molar-refractivity contribution is 0.107. The maximum absolute atomic E-state index is 12.5. The molecule has 1 aliphatic rings. The van der Waals surface area contributed by atoms with E-state index >= 15 is 0 Å². The molecular weight excluding hydrogens is 361 g/mol. The van der Waals surface area contributed by atoms with E-state index in [9.17, 15) is 4.79 Å². The number of aliphatic imine (C=N–C) groups is 1. The number of nitrogens with zero attached hydrogens (tertiary/aromatic N) is 1. The van der Waals surface area contributed by atoms with E-state index in [4.69, 9.17) is 34.8 Å². The Hall–Kier alpha value is -1.13. The SMILES string of the molecule is O=C(C=S1C(C(Cl)(Cl)Cl)=Nc2ccccc21)c1ccccc1. The molecule has 1 unspecified atom stereocenters. The molecule has 0 spiro atoms. The van der Waals surface area contributed by atoms with E-state index in [0.29, 0.717) is 10.6 Å². The van der Waals surface area contributed by atoms with Gasteiger partial charge in [-0.05, 0) is 12.1 Å². The van der Waals surface area contributed by atoms with Crippen molar-refractivity contribution in [2.24, 2.45) is 4.99 Å². The van der Waals surface area contributed by atoms with Gasteiger partial charge in [0.15, 0.2) is 5.78 Å². The summed E-state index contributed by atoms with van der Waals surface area (Å²) in [5.74, 6) is -0.109. The van der Waals surface area contributed by atoms with Crippen molar-refractivity contribution in [1.29, 1.82) is 0 Å². The summed E-state index contributed by atoms with van der Waals surface area (Å²) in [7, 11) is -0.760. The van der Waals surface area contributed by atoms with Crippen LogP contribution in [0.1, 0.15) is 10.4 Å². The predicted octanol–water partition coefficient (Wildman–Crippen LogP) is 5.41. The molecule has 112 valence electrons. The predicted molar refractivity (Wildman–Crippen MR) is 96.5 cm³/mol. The molecule has 3 rings (SSSR count). The number of hydrogen-bond acceptors (Lipinski definition) is 2. The summed E-state index contributed by atoms with van der Waals surface area (Å²) in [6, 6.07) is 16.5. The number of hydrogen-bond donors (Lipinski definition) is 0. The van der Waals surface area contributed by atoms with Gasteiger partial charge in [-0.15, -0.1) is 0 Å². The molecule has 0 fully saturated rings. The number of ketones is 1. The average molecular weight is 371 g/mol. The molecule has 2 aromatic rings. The highest BCUT2D eigenvalue weighted by Crippen LogP contribution is 2.49. The van der Waals surface area contributed by atoms with Gasteiger partial charge < -0.3 is 0 Å². The minimum absolute atomic E-state index is 0.109. The topological polar surface area (TPSA) is 29.4 Å². The normalized spacial score (nSPS) is 17.2. The van der Waals surface area contributed by atoms with Crippen LogP contribution < -0.4 is 0 Å². The van der Waals surface area contributed by atoms with E-state index in [1.165, 1.54) is 0 Å². The third-order valence-electron chi connectivity index (χ3n) is 3.06. The van der Waals surface area contributed by atoms with Gasteiger partial charge >= 0.3 is 0 Å². The van der Waals surface area contributed by atoms with Gasteiger partial charge in [0.25, 0.3) is 0 Å². The molecule has 6 heteroatoms. The average Bonchev–Trinajstić information content (AvgIpc) is 2.87. The second-order valence-corrected chi connectivity index (χ2v) is 8.59. The lowest BCUT2D eigenvalue weighted by Crippen LogP contribution is -2.16. The molecule has 0 bridgehead atoms. The van der Waals surface area contributed by atoms with Crippen LogP contribution in [-0.2, 0) is 0 Å². The van der Waals surface area contributed by atoms with Gasteiger partial charge in [0.05, 0.1) is 5.69 Å². The molecule has 2 aromatic carbocycles. The maximum Gasteiger partial charge on any atom is 0.238 e. The lowest BCUT2D eigenvalue weighted by atomic mass is 10.2. The number of rotatable bonds is 2. The third-order valence-corrected chi connectivity index (χ3v) is 6.01. The zero-order valence-corrected chi connectivity index (χ0v) is 14.3.